The Hall–Kier alpha value is -8.39. The minimum atomic E-state index is -2.58. The summed E-state index contributed by atoms with van der Waals surface area (Å²) in [7, 11) is 0. The summed E-state index contributed by atoms with van der Waals surface area (Å²) < 4.78 is 43.8. The maximum absolute atomic E-state index is 16.6. The molecule has 578 valence electrons. The summed E-state index contributed by atoms with van der Waals surface area (Å²) in [6, 6.07) is 22.5. The molecule has 7 aliphatic carbocycles. The van der Waals surface area contributed by atoms with E-state index < -0.39 is 167 Å². The first-order valence-electron chi connectivity index (χ1n) is 37.8. The van der Waals surface area contributed by atoms with Crippen LogP contribution in [0.25, 0.3) is 0 Å². The van der Waals surface area contributed by atoms with Gasteiger partial charge in [-0.25, -0.2) is 9.59 Å². The van der Waals surface area contributed by atoms with E-state index >= 15 is 4.79 Å². The first-order valence-corrected chi connectivity index (χ1v) is 38.9. The van der Waals surface area contributed by atoms with Crippen molar-refractivity contribution >= 4 is 71.1 Å². The lowest BCUT2D eigenvalue weighted by Gasteiger charge is -2.67. The maximum Gasteiger partial charge on any atom is 0.338 e. The number of carbonyl (C=O) groups excluding carboxylic acids is 10. The summed E-state index contributed by atoms with van der Waals surface area (Å²) in [5.74, 6) is -9.05. The Kier molecular flexibility index (Phi) is 23.4. The molecule has 5 N–H and O–H groups in total. The first kappa shape index (κ1) is 79.2. The summed E-state index contributed by atoms with van der Waals surface area (Å²) in [6.07, 6.45) is 1.86. The Bertz CT molecular complexity index is 4130. The minimum Gasteiger partial charge on any atom is -0.461 e. The van der Waals surface area contributed by atoms with Crippen LogP contribution >= 0.6 is 11.8 Å². The number of nitrogens with one attached hydrogen (secondary N) is 1. The molecule has 6 saturated carbocycles. The van der Waals surface area contributed by atoms with E-state index in [9.17, 15) is 63.6 Å². The van der Waals surface area contributed by atoms with Crippen molar-refractivity contribution in [3.63, 3.8) is 0 Å². The van der Waals surface area contributed by atoms with Gasteiger partial charge in [-0.1, -0.05) is 131 Å². The number of Topliss-reactive ketones (excluding diaryl/α,β-unsaturated/α-hetero) is 1. The number of hydrogen-bond acceptors (Lipinski definition) is 22. The number of ketones is 1. The minimum absolute atomic E-state index is 0.0197. The third-order valence-electron chi connectivity index (χ3n) is 25.0. The lowest BCUT2D eigenvalue weighted by Crippen LogP contribution is -2.82. The van der Waals surface area contributed by atoms with Crippen molar-refractivity contribution in [1.29, 1.82) is 0 Å². The van der Waals surface area contributed by atoms with Crippen molar-refractivity contribution in [2.75, 3.05) is 18.9 Å². The number of aliphatic hydroxyl groups excluding tert-OH is 3. The van der Waals surface area contributed by atoms with Gasteiger partial charge in [0.25, 0.3) is 5.91 Å². The van der Waals surface area contributed by atoms with Gasteiger partial charge < -0.3 is 58.9 Å². The number of fused-ring (bicyclic) bond motifs is 6. The van der Waals surface area contributed by atoms with Crippen molar-refractivity contribution in [3.05, 3.63) is 166 Å². The number of carbonyl (C=O) groups is 10. The molecule has 15 unspecified atom stereocenters. The molecule has 3 aromatic rings. The molecule has 2 heterocycles. The lowest BCUT2D eigenvalue weighted by molar-refractivity contribution is -0.346. The predicted molar refractivity (Wildman–Crippen MR) is 394 cm³/mol. The zero-order chi connectivity index (χ0) is 77.5. The fourth-order valence-electron chi connectivity index (χ4n) is 19.0. The number of esters is 6. The number of hydrogen-bond donors (Lipinski definition) is 5. The van der Waals surface area contributed by atoms with E-state index in [1.54, 1.807) is 78.9 Å². The van der Waals surface area contributed by atoms with Crippen LogP contribution in [0.3, 0.4) is 0 Å². The fourth-order valence-corrected chi connectivity index (χ4v) is 20.0. The molecule has 23 nitrogen and oxygen atoms in total. The zero-order valence-electron chi connectivity index (χ0n) is 62.5. The van der Waals surface area contributed by atoms with Crippen molar-refractivity contribution in [3.8, 4) is 0 Å². The third kappa shape index (κ3) is 15.5. The van der Waals surface area contributed by atoms with Crippen molar-refractivity contribution in [1.82, 2.24) is 10.2 Å². The van der Waals surface area contributed by atoms with Crippen LogP contribution in [0.15, 0.2) is 150 Å². The Balaban J connectivity index is 0.751. The van der Waals surface area contributed by atoms with Crippen LogP contribution in [0.1, 0.15) is 178 Å². The molecule has 2 saturated heterocycles. The molecule has 3 amide bonds. The summed E-state index contributed by atoms with van der Waals surface area (Å²) in [5.41, 5.74) is -5.37. The van der Waals surface area contributed by atoms with E-state index in [1.807, 2.05) is 12.2 Å². The second-order valence-corrected chi connectivity index (χ2v) is 33.2. The number of imide groups is 1. The number of benzene rings is 3. The topological polar surface area (TPSA) is 331 Å². The standard InChI is InChI=1S/C84H100N2O21S/c1-46(29-36-60(90)52-31-32-52)58-34-35-59-51(27-19-37-81(58,59)8)30-33-56-39-57(89)40-61(47(56)2)103-68(93)44-108-63-41-66(91)86(77(63)97)38-20-28-67(92)105-64-42-65-83(45-101-65,107-50(5)88)73-75(106-78(98)55-25-17-12-18-26-55)84(100)43-62(48(3)69(80(84,6)7)72(102-49(4)87)74(95)82(64,73)9)104-79(99)71(94)70(53-21-13-10-14-22-53)85-76(96)54-23-15-11-16-24-54/h10-18,21-26,29-30,33,36,46,52,57-65,70-73,75,89-90,94,100H,2,19-20,27-28,31-32,34-35,37-45H2,1,3-9H3,(H,85,96)/b36-29+,51-30+,56-33-/t46-,57+,58?,59?,60?,61-,62?,63?,64?,65?,70?,71?,72?,73?,75?,81+,82?,83?,84?/m0/s1. The van der Waals surface area contributed by atoms with Crippen LogP contribution in [0.4, 0.5) is 0 Å². The van der Waals surface area contributed by atoms with E-state index in [2.05, 4.69) is 37.9 Å². The van der Waals surface area contributed by atoms with E-state index in [0.29, 0.717) is 41.2 Å². The average Bonchev–Trinajstić information content (AvgIpc) is 0.863. The molecular formula is C84H100N2O21S. The number of thioether (sulfide) groups is 1. The molecule has 108 heavy (non-hydrogen) atoms. The normalized spacial score (nSPS) is 33.3. The lowest BCUT2D eigenvalue weighted by atomic mass is 9.44. The smallest absolute Gasteiger partial charge is 0.338 e. The fraction of sp³-hybridized carbons (Fsp3) is 0.548. The van der Waals surface area contributed by atoms with Gasteiger partial charge in [0.05, 0.1) is 52.8 Å². The number of allylic oxidation sites excluding steroid dienone is 4. The second kappa shape index (κ2) is 31.9. The number of nitrogens with zero attached hydrogens (tertiary/aromatic N) is 1. The van der Waals surface area contributed by atoms with Gasteiger partial charge in [0, 0.05) is 63.5 Å². The largest absolute Gasteiger partial charge is 0.461 e. The second-order valence-electron chi connectivity index (χ2n) is 32.0. The van der Waals surface area contributed by atoms with Crippen molar-refractivity contribution in [2.45, 2.75) is 223 Å². The average molecular weight is 1510 g/mol. The molecule has 8 fully saturated rings. The molecule has 9 aliphatic rings. The van der Waals surface area contributed by atoms with E-state index in [1.165, 1.54) is 45.4 Å². The van der Waals surface area contributed by atoms with Gasteiger partial charge in [0.2, 0.25) is 11.8 Å². The number of aliphatic hydroxyl groups is 4. The number of likely N-dealkylation sites (tertiary alicyclic amines) is 1. The zero-order valence-corrected chi connectivity index (χ0v) is 63.3. The quantitative estimate of drug-likeness (QED) is 0.0241. The monoisotopic (exact) mass is 1500 g/mol. The summed E-state index contributed by atoms with van der Waals surface area (Å²) in [4.78, 5) is 144. The van der Waals surface area contributed by atoms with Gasteiger partial charge in [-0.3, -0.25) is 43.3 Å². The summed E-state index contributed by atoms with van der Waals surface area (Å²) in [5, 5.41) is 49.8. The molecule has 3 aromatic carbocycles. The van der Waals surface area contributed by atoms with Gasteiger partial charge in [0.1, 0.15) is 36.1 Å². The van der Waals surface area contributed by atoms with E-state index in [0.717, 1.165) is 81.0 Å². The number of ether oxygens (including phenoxy) is 7. The van der Waals surface area contributed by atoms with E-state index in [-0.39, 0.29) is 71.8 Å². The highest BCUT2D eigenvalue weighted by Gasteiger charge is 2.79. The van der Waals surface area contributed by atoms with E-state index in [4.69, 9.17) is 33.2 Å². The van der Waals surface area contributed by atoms with Crippen LogP contribution in [-0.4, -0.2) is 175 Å². The summed E-state index contributed by atoms with van der Waals surface area (Å²) >= 11 is 0.934. The molecule has 0 spiro atoms. The van der Waals surface area contributed by atoms with Crippen LogP contribution < -0.4 is 5.32 Å². The predicted octanol–water partition coefficient (Wildman–Crippen LogP) is 9.58. The van der Waals surface area contributed by atoms with Crippen molar-refractivity contribution in [2.24, 2.45) is 45.8 Å². The van der Waals surface area contributed by atoms with Gasteiger partial charge in [-0.15, -0.1) is 11.8 Å². The number of amides is 3. The molecule has 24 heteroatoms. The Morgan fingerprint density at radius 1 is 0.787 bits per heavy atom. The molecule has 12 rings (SSSR count). The summed E-state index contributed by atoms with van der Waals surface area (Å²) in [6.45, 7) is 16.3. The highest BCUT2D eigenvalue weighted by atomic mass is 32.2. The Labute approximate surface area is 633 Å². The molecule has 0 aromatic heterocycles. The Morgan fingerprint density at radius 2 is 1.46 bits per heavy atom. The van der Waals surface area contributed by atoms with Gasteiger partial charge in [-0.05, 0) is 153 Å². The van der Waals surface area contributed by atoms with Crippen molar-refractivity contribution < 1.29 is 102 Å². The Morgan fingerprint density at radius 3 is 2.11 bits per heavy atom. The van der Waals surface area contributed by atoms with Crippen LogP contribution in [0, 0.1) is 45.8 Å². The van der Waals surface area contributed by atoms with Gasteiger partial charge in [0.15, 0.2) is 23.6 Å². The van der Waals surface area contributed by atoms with Crippen LogP contribution in [0.2, 0.25) is 0 Å². The highest BCUT2D eigenvalue weighted by Crippen LogP contribution is 2.66. The SMILES string of the molecule is C=C1/C(=C\C=C2/CCC[C@@]3(C)C2CCC3[C@@H](C)/C=C/C(O)C2CC2)C[C@@H](O)C[C@@H]1OC(=O)CSC1CC(=O)N(CCCC(=O)OC2CC3OCC3(OC(C)=O)C3C(OC(=O)c4ccccc4)C4(O)CC(OC(=O)C(O)C(NC(=O)c5ccccc5)c5ccccc5)C(C)=C(C(OC(C)=O)C(=O)C23C)C4(C)C)C1=O. The number of rotatable bonds is 24. The highest BCUT2D eigenvalue weighted by molar-refractivity contribution is 8.01. The third-order valence-corrected chi connectivity index (χ3v) is 26.2. The molecule has 19 atom stereocenters. The molecular weight excluding hydrogens is 1400 g/mol. The molecule has 0 radical (unpaired) electrons. The molecule has 2 aliphatic heterocycles. The first-order chi connectivity index (χ1) is 51.3. The molecule has 2 bridgehead atoms. The maximum atomic E-state index is 16.6. The van der Waals surface area contributed by atoms with Gasteiger partial charge in [-0.2, -0.15) is 0 Å². The van der Waals surface area contributed by atoms with Crippen LogP contribution in [-0.2, 0) is 71.5 Å². The van der Waals surface area contributed by atoms with Gasteiger partial charge >= 0.3 is 35.8 Å². The van der Waals surface area contributed by atoms with Crippen LogP contribution in [0.5, 0.6) is 0 Å².